The smallest absolute Gasteiger partial charge is 0.335 e. The predicted molar refractivity (Wildman–Crippen MR) is 100 cm³/mol. The molecule has 0 aromatic heterocycles. The van der Waals surface area contributed by atoms with Gasteiger partial charge in [0.15, 0.2) is 0 Å². The number of methoxy groups -OCH3 is 1. The summed E-state index contributed by atoms with van der Waals surface area (Å²) in [4.78, 5) is 25.4. The molecule has 0 saturated carbocycles. The maximum Gasteiger partial charge on any atom is 0.335 e. The third-order valence-electron chi connectivity index (χ3n) is 4.68. The Bertz CT molecular complexity index is 816. The highest BCUT2D eigenvalue weighted by Gasteiger charge is 2.21. The van der Waals surface area contributed by atoms with Crippen LogP contribution in [0.3, 0.4) is 0 Å². The van der Waals surface area contributed by atoms with Crippen molar-refractivity contribution < 1.29 is 24.2 Å². The van der Waals surface area contributed by atoms with E-state index in [9.17, 15) is 9.59 Å². The predicted octanol–water partition coefficient (Wildman–Crippen LogP) is 3.14. The molecule has 0 fully saturated rings. The van der Waals surface area contributed by atoms with Gasteiger partial charge in [0.25, 0.3) is 0 Å². The minimum absolute atomic E-state index is 0.0692. The molecule has 3 rings (SSSR count). The van der Waals surface area contributed by atoms with Crippen molar-refractivity contribution in [3.8, 4) is 11.5 Å². The molecule has 0 aliphatic carbocycles. The van der Waals surface area contributed by atoms with E-state index >= 15 is 0 Å². The van der Waals surface area contributed by atoms with Gasteiger partial charge in [-0.2, -0.15) is 0 Å². The van der Waals surface area contributed by atoms with Gasteiger partial charge in [0.05, 0.1) is 19.3 Å². The summed E-state index contributed by atoms with van der Waals surface area (Å²) in [5, 5.41) is 9.13. The summed E-state index contributed by atoms with van der Waals surface area (Å²) in [7, 11) is 1.61. The first-order valence-corrected chi connectivity index (χ1v) is 8.96. The van der Waals surface area contributed by atoms with Crippen molar-refractivity contribution in [2.45, 2.75) is 25.8 Å². The second-order valence-corrected chi connectivity index (χ2v) is 6.48. The lowest BCUT2D eigenvalue weighted by Gasteiger charge is -2.29. The van der Waals surface area contributed by atoms with Crippen LogP contribution in [0, 0.1) is 0 Å². The van der Waals surface area contributed by atoms with E-state index in [2.05, 4.69) is 0 Å². The number of fused-ring (bicyclic) bond motifs is 1. The molecule has 0 atom stereocenters. The topological polar surface area (TPSA) is 76.1 Å². The van der Waals surface area contributed by atoms with E-state index < -0.39 is 5.97 Å². The number of aromatic carboxylic acids is 1. The van der Waals surface area contributed by atoms with E-state index in [0.717, 1.165) is 29.0 Å². The molecule has 6 heteroatoms. The van der Waals surface area contributed by atoms with Crippen LogP contribution in [-0.2, 0) is 17.8 Å². The first-order valence-electron chi connectivity index (χ1n) is 8.96. The molecule has 1 aliphatic heterocycles. The van der Waals surface area contributed by atoms with Crippen LogP contribution in [0.2, 0.25) is 0 Å². The monoisotopic (exact) mass is 369 g/mol. The molecule has 6 nitrogen and oxygen atoms in total. The SMILES string of the molecule is COc1ccc(OCCCC(=O)N2CCc3ccc(C(=O)O)cc3C2)cc1. The number of ether oxygens (including phenoxy) is 2. The summed E-state index contributed by atoms with van der Waals surface area (Å²) >= 11 is 0. The fourth-order valence-electron chi connectivity index (χ4n) is 3.15. The number of carboxylic acid groups (broad SMARTS) is 1. The Balaban J connectivity index is 1.47. The zero-order chi connectivity index (χ0) is 19.2. The Labute approximate surface area is 158 Å². The maximum absolute atomic E-state index is 12.5. The zero-order valence-electron chi connectivity index (χ0n) is 15.3. The molecule has 1 heterocycles. The molecular weight excluding hydrogens is 346 g/mol. The number of nitrogens with zero attached hydrogens (tertiary/aromatic N) is 1. The van der Waals surface area contributed by atoms with Gasteiger partial charge in [-0.15, -0.1) is 0 Å². The Kier molecular flexibility index (Phi) is 5.96. The van der Waals surface area contributed by atoms with Crippen molar-refractivity contribution >= 4 is 11.9 Å². The van der Waals surface area contributed by atoms with Gasteiger partial charge in [-0.1, -0.05) is 6.07 Å². The lowest BCUT2D eigenvalue weighted by atomic mass is 9.97. The Morgan fingerprint density at radius 3 is 2.52 bits per heavy atom. The molecular formula is C21H23NO5. The van der Waals surface area contributed by atoms with Crippen LogP contribution in [0.4, 0.5) is 0 Å². The molecule has 0 unspecified atom stereocenters. The van der Waals surface area contributed by atoms with Gasteiger partial charge in [-0.3, -0.25) is 4.79 Å². The number of carbonyl (C=O) groups excluding carboxylic acids is 1. The molecule has 1 aliphatic rings. The first-order chi connectivity index (χ1) is 13.1. The average Bonchev–Trinajstić information content (AvgIpc) is 2.70. The van der Waals surface area contributed by atoms with Gasteiger partial charge < -0.3 is 19.5 Å². The van der Waals surface area contributed by atoms with Crippen molar-refractivity contribution in [1.29, 1.82) is 0 Å². The number of amides is 1. The Morgan fingerprint density at radius 1 is 1.07 bits per heavy atom. The standard InChI is InChI=1S/C21H23NO5/c1-26-18-6-8-19(9-7-18)27-12-2-3-20(23)22-11-10-15-4-5-16(21(24)25)13-17(15)14-22/h4-9,13H,2-3,10-12,14H2,1H3,(H,24,25). The van der Waals surface area contributed by atoms with Gasteiger partial charge in [0, 0.05) is 19.5 Å². The Hall–Kier alpha value is -3.02. The van der Waals surface area contributed by atoms with Crippen LogP contribution in [0.15, 0.2) is 42.5 Å². The number of benzene rings is 2. The van der Waals surface area contributed by atoms with E-state index in [1.54, 1.807) is 24.1 Å². The summed E-state index contributed by atoms with van der Waals surface area (Å²) in [6.45, 7) is 1.60. The lowest BCUT2D eigenvalue weighted by molar-refractivity contribution is -0.132. The summed E-state index contributed by atoms with van der Waals surface area (Å²) in [5.74, 6) is 0.641. The summed E-state index contributed by atoms with van der Waals surface area (Å²) < 4.78 is 10.8. The normalized spacial score (nSPS) is 13.0. The fourth-order valence-corrected chi connectivity index (χ4v) is 3.15. The molecule has 27 heavy (non-hydrogen) atoms. The van der Waals surface area contributed by atoms with Crippen molar-refractivity contribution in [1.82, 2.24) is 4.90 Å². The van der Waals surface area contributed by atoms with Gasteiger partial charge in [-0.25, -0.2) is 4.79 Å². The highest BCUT2D eigenvalue weighted by atomic mass is 16.5. The second kappa shape index (κ2) is 8.58. The van der Waals surface area contributed by atoms with E-state index in [1.165, 1.54) is 0 Å². The Morgan fingerprint density at radius 2 is 1.81 bits per heavy atom. The third-order valence-corrected chi connectivity index (χ3v) is 4.68. The van der Waals surface area contributed by atoms with Gasteiger partial charge >= 0.3 is 5.97 Å². The summed E-state index contributed by atoms with van der Waals surface area (Å²) in [6.07, 6.45) is 1.79. The number of hydrogen-bond acceptors (Lipinski definition) is 4. The third kappa shape index (κ3) is 4.78. The largest absolute Gasteiger partial charge is 0.497 e. The summed E-state index contributed by atoms with van der Waals surface area (Å²) in [5.41, 5.74) is 2.30. The number of rotatable bonds is 7. The number of hydrogen-bond donors (Lipinski definition) is 1. The number of carboxylic acids is 1. The molecule has 0 saturated heterocycles. The molecule has 2 aromatic rings. The molecule has 0 spiro atoms. The minimum Gasteiger partial charge on any atom is -0.497 e. The number of carbonyl (C=O) groups is 2. The van der Waals surface area contributed by atoms with E-state index in [-0.39, 0.29) is 11.5 Å². The van der Waals surface area contributed by atoms with Crippen LogP contribution in [-0.4, -0.2) is 42.1 Å². The van der Waals surface area contributed by atoms with E-state index in [0.29, 0.717) is 32.5 Å². The quantitative estimate of drug-likeness (QED) is 0.759. The van der Waals surface area contributed by atoms with Crippen LogP contribution >= 0.6 is 0 Å². The fraction of sp³-hybridized carbons (Fsp3) is 0.333. The lowest BCUT2D eigenvalue weighted by Crippen LogP contribution is -2.36. The highest BCUT2D eigenvalue weighted by Crippen LogP contribution is 2.22. The van der Waals surface area contributed by atoms with Crippen LogP contribution < -0.4 is 9.47 Å². The molecule has 142 valence electrons. The van der Waals surface area contributed by atoms with Crippen molar-refractivity contribution in [2.24, 2.45) is 0 Å². The molecule has 1 amide bonds. The van der Waals surface area contributed by atoms with Crippen LogP contribution in [0.5, 0.6) is 11.5 Å². The summed E-state index contributed by atoms with van der Waals surface area (Å²) in [6, 6.07) is 12.5. The average molecular weight is 369 g/mol. The van der Waals surface area contributed by atoms with Crippen molar-refractivity contribution in [3.05, 3.63) is 59.2 Å². The molecule has 1 N–H and O–H groups in total. The van der Waals surface area contributed by atoms with Crippen LogP contribution in [0.25, 0.3) is 0 Å². The van der Waals surface area contributed by atoms with Gasteiger partial charge in [0.2, 0.25) is 5.91 Å². The maximum atomic E-state index is 12.5. The first kappa shape index (κ1) is 18.8. The van der Waals surface area contributed by atoms with E-state index in [1.807, 2.05) is 30.3 Å². The minimum atomic E-state index is -0.947. The zero-order valence-corrected chi connectivity index (χ0v) is 15.3. The molecule has 0 radical (unpaired) electrons. The molecule has 0 bridgehead atoms. The van der Waals surface area contributed by atoms with Crippen molar-refractivity contribution in [3.63, 3.8) is 0 Å². The van der Waals surface area contributed by atoms with Gasteiger partial charge in [-0.05, 0) is 60.4 Å². The van der Waals surface area contributed by atoms with Crippen molar-refractivity contribution in [2.75, 3.05) is 20.3 Å². The van der Waals surface area contributed by atoms with E-state index in [4.69, 9.17) is 14.6 Å². The molecule has 2 aromatic carbocycles. The second-order valence-electron chi connectivity index (χ2n) is 6.48. The highest BCUT2D eigenvalue weighted by molar-refractivity contribution is 5.88. The van der Waals surface area contributed by atoms with Crippen LogP contribution in [0.1, 0.15) is 34.3 Å². The van der Waals surface area contributed by atoms with Gasteiger partial charge in [0.1, 0.15) is 11.5 Å².